The molecule has 1 aliphatic heterocycles. The van der Waals surface area contributed by atoms with Crippen molar-refractivity contribution in [2.45, 2.75) is 31.8 Å². The van der Waals surface area contributed by atoms with Crippen LogP contribution in [0.5, 0.6) is 5.75 Å². The molecule has 0 aliphatic carbocycles. The maximum absolute atomic E-state index is 10.7. The van der Waals surface area contributed by atoms with E-state index < -0.39 is 5.60 Å². The Hall–Kier alpha value is -1.06. The number of likely N-dealkylation sites (tertiary alicyclic amines) is 1. The van der Waals surface area contributed by atoms with Gasteiger partial charge in [-0.1, -0.05) is 17.7 Å². The van der Waals surface area contributed by atoms with Gasteiger partial charge in [-0.05, 0) is 45.0 Å². The number of hydrogen-bond acceptors (Lipinski definition) is 3. The third-order valence-corrected chi connectivity index (χ3v) is 3.70. The van der Waals surface area contributed by atoms with Gasteiger partial charge >= 0.3 is 0 Å². The van der Waals surface area contributed by atoms with Crippen molar-refractivity contribution in [3.8, 4) is 5.75 Å². The molecular formula is C15H23NO2. The Labute approximate surface area is 109 Å². The lowest BCUT2D eigenvalue weighted by Gasteiger charge is -2.37. The number of hydrogen-bond donors (Lipinski definition) is 1. The first-order valence-electron chi connectivity index (χ1n) is 6.57. The van der Waals surface area contributed by atoms with E-state index in [0.29, 0.717) is 6.42 Å². The van der Waals surface area contributed by atoms with Crippen molar-refractivity contribution in [1.82, 2.24) is 4.90 Å². The first-order chi connectivity index (χ1) is 8.52. The molecule has 0 saturated carbocycles. The Bertz CT molecular complexity index is 419. The van der Waals surface area contributed by atoms with Gasteiger partial charge in [0.15, 0.2) is 0 Å². The second-order valence-corrected chi connectivity index (χ2v) is 5.56. The van der Waals surface area contributed by atoms with Gasteiger partial charge in [-0.3, -0.25) is 0 Å². The van der Waals surface area contributed by atoms with Crippen LogP contribution in [0.15, 0.2) is 18.2 Å². The van der Waals surface area contributed by atoms with Crippen LogP contribution < -0.4 is 4.74 Å². The van der Waals surface area contributed by atoms with Gasteiger partial charge in [0.05, 0.1) is 12.7 Å². The molecule has 1 aliphatic rings. The molecule has 18 heavy (non-hydrogen) atoms. The van der Waals surface area contributed by atoms with E-state index in [1.54, 1.807) is 7.11 Å². The number of aliphatic hydroxyl groups is 1. The fourth-order valence-corrected chi connectivity index (χ4v) is 2.88. The lowest BCUT2D eigenvalue weighted by atomic mass is 9.86. The first-order valence-corrected chi connectivity index (χ1v) is 6.57. The summed E-state index contributed by atoms with van der Waals surface area (Å²) in [6, 6.07) is 6.14. The summed E-state index contributed by atoms with van der Waals surface area (Å²) in [4.78, 5) is 2.20. The highest BCUT2D eigenvalue weighted by molar-refractivity contribution is 5.38. The molecule has 1 fully saturated rings. The summed E-state index contributed by atoms with van der Waals surface area (Å²) in [5.41, 5.74) is 1.70. The Morgan fingerprint density at radius 2 is 2.22 bits per heavy atom. The molecule has 1 saturated heterocycles. The molecule has 0 aromatic heterocycles. The highest BCUT2D eigenvalue weighted by atomic mass is 16.5. The van der Waals surface area contributed by atoms with Crippen molar-refractivity contribution in [2.75, 3.05) is 27.2 Å². The van der Waals surface area contributed by atoms with Gasteiger partial charge in [0.2, 0.25) is 0 Å². The zero-order chi connectivity index (χ0) is 13.2. The summed E-state index contributed by atoms with van der Waals surface area (Å²) in [6.07, 6.45) is 2.60. The van der Waals surface area contributed by atoms with E-state index in [2.05, 4.69) is 24.9 Å². The van der Waals surface area contributed by atoms with Gasteiger partial charge in [0.25, 0.3) is 0 Å². The molecule has 0 radical (unpaired) electrons. The molecule has 0 amide bonds. The number of benzene rings is 1. The molecule has 0 bridgehead atoms. The fraction of sp³-hybridized carbons (Fsp3) is 0.600. The number of β-amino-alcohol motifs (C(OH)–C–C–N with tert-alkyl or cyclic N) is 1. The fourth-order valence-electron chi connectivity index (χ4n) is 2.88. The maximum atomic E-state index is 10.7. The predicted molar refractivity (Wildman–Crippen MR) is 73.1 cm³/mol. The van der Waals surface area contributed by atoms with E-state index in [4.69, 9.17) is 4.74 Å². The second kappa shape index (κ2) is 5.29. The number of rotatable bonds is 3. The third kappa shape index (κ3) is 3.03. The summed E-state index contributed by atoms with van der Waals surface area (Å²) in [7, 11) is 3.75. The molecule has 1 unspecified atom stereocenters. The molecule has 0 spiro atoms. The highest BCUT2D eigenvalue weighted by Crippen LogP contribution is 2.29. The van der Waals surface area contributed by atoms with Crippen LogP contribution in [-0.4, -0.2) is 42.9 Å². The molecule has 1 heterocycles. The van der Waals surface area contributed by atoms with Gasteiger partial charge in [-0.15, -0.1) is 0 Å². The van der Waals surface area contributed by atoms with Crippen LogP contribution in [0.2, 0.25) is 0 Å². The summed E-state index contributed by atoms with van der Waals surface area (Å²) < 4.78 is 5.39. The van der Waals surface area contributed by atoms with Crippen LogP contribution in [0.25, 0.3) is 0 Å². The van der Waals surface area contributed by atoms with Crippen molar-refractivity contribution >= 4 is 0 Å². The van der Waals surface area contributed by atoms with Crippen LogP contribution in [0.3, 0.4) is 0 Å². The summed E-state index contributed by atoms with van der Waals surface area (Å²) in [5.74, 6) is 0.877. The molecular weight excluding hydrogens is 226 g/mol. The zero-order valence-corrected chi connectivity index (χ0v) is 11.6. The molecule has 1 atom stereocenters. The van der Waals surface area contributed by atoms with Gasteiger partial charge in [0, 0.05) is 13.0 Å². The summed E-state index contributed by atoms with van der Waals surface area (Å²) in [5, 5.41) is 10.7. The highest BCUT2D eigenvalue weighted by Gasteiger charge is 2.32. The van der Waals surface area contributed by atoms with Gasteiger partial charge in [-0.2, -0.15) is 0 Å². The Balaban J connectivity index is 2.19. The van der Waals surface area contributed by atoms with Crippen molar-refractivity contribution < 1.29 is 9.84 Å². The van der Waals surface area contributed by atoms with E-state index in [9.17, 15) is 5.11 Å². The molecule has 100 valence electrons. The number of nitrogens with zero attached hydrogens (tertiary/aromatic N) is 1. The van der Waals surface area contributed by atoms with E-state index in [1.165, 1.54) is 5.56 Å². The lowest BCUT2D eigenvalue weighted by molar-refractivity contribution is -0.0227. The van der Waals surface area contributed by atoms with Gasteiger partial charge in [-0.25, -0.2) is 0 Å². The van der Waals surface area contributed by atoms with Crippen LogP contribution in [-0.2, 0) is 6.42 Å². The largest absolute Gasteiger partial charge is 0.496 e. The molecule has 2 rings (SSSR count). The van der Waals surface area contributed by atoms with E-state index in [1.807, 2.05) is 12.1 Å². The minimum absolute atomic E-state index is 0.617. The molecule has 1 N–H and O–H groups in total. The van der Waals surface area contributed by atoms with Crippen LogP contribution in [0.1, 0.15) is 24.0 Å². The van der Waals surface area contributed by atoms with Crippen molar-refractivity contribution in [3.05, 3.63) is 29.3 Å². The Kier molecular flexibility index (Phi) is 3.93. The SMILES string of the molecule is COc1ccc(C)cc1CC1(O)CCCN(C)C1. The standard InChI is InChI=1S/C15H23NO2/c1-12-5-6-14(18-3)13(9-12)10-15(17)7-4-8-16(2)11-15/h5-6,9,17H,4,7-8,10-11H2,1-3H3. The third-order valence-electron chi connectivity index (χ3n) is 3.70. The minimum atomic E-state index is -0.617. The quantitative estimate of drug-likeness (QED) is 0.889. The van der Waals surface area contributed by atoms with Gasteiger partial charge < -0.3 is 14.7 Å². The Morgan fingerprint density at radius 3 is 2.89 bits per heavy atom. The smallest absolute Gasteiger partial charge is 0.122 e. The Morgan fingerprint density at radius 1 is 1.44 bits per heavy atom. The monoisotopic (exact) mass is 249 g/mol. The number of likely N-dealkylation sites (N-methyl/N-ethyl adjacent to an activating group) is 1. The average Bonchev–Trinajstić information content (AvgIpc) is 2.28. The number of ether oxygens (including phenoxy) is 1. The van der Waals surface area contributed by atoms with Crippen LogP contribution >= 0.6 is 0 Å². The number of aryl methyl sites for hydroxylation is 1. The number of methoxy groups -OCH3 is 1. The van der Waals surface area contributed by atoms with E-state index >= 15 is 0 Å². The summed E-state index contributed by atoms with van der Waals surface area (Å²) >= 11 is 0. The van der Waals surface area contributed by atoms with Crippen molar-refractivity contribution in [3.63, 3.8) is 0 Å². The van der Waals surface area contributed by atoms with E-state index in [-0.39, 0.29) is 0 Å². The van der Waals surface area contributed by atoms with Crippen LogP contribution in [0.4, 0.5) is 0 Å². The van der Waals surface area contributed by atoms with E-state index in [0.717, 1.165) is 37.2 Å². The molecule has 1 aromatic rings. The van der Waals surface area contributed by atoms with Crippen molar-refractivity contribution in [1.29, 1.82) is 0 Å². The van der Waals surface area contributed by atoms with Crippen LogP contribution in [0, 0.1) is 6.92 Å². The first kappa shape index (κ1) is 13.4. The number of piperidine rings is 1. The molecule has 1 aromatic carbocycles. The average molecular weight is 249 g/mol. The zero-order valence-electron chi connectivity index (χ0n) is 11.6. The minimum Gasteiger partial charge on any atom is -0.496 e. The lowest BCUT2D eigenvalue weighted by Crippen LogP contribution is -2.47. The maximum Gasteiger partial charge on any atom is 0.122 e. The topological polar surface area (TPSA) is 32.7 Å². The van der Waals surface area contributed by atoms with Crippen molar-refractivity contribution in [2.24, 2.45) is 0 Å². The van der Waals surface area contributed by atoms with Gasteiger partial charge in [0.1, 0.15) is 5.75 Å². The normalized spacial score (nSPS) is 25.1. The second-order valence-electron chi connectivity index (χ2n) is 5.56. The molecule has 3 heteroatoms. The predicted octanol–water partition coefficient (Wildman–Crippen LogP) is 2.00. The summed E-state index contributed by atoms with van der Waals surface area (Å²) in [6.45, 7) is 3.89. The molecule has 3 nitrogen and oxygen atoms in total.